The van der Waals surface area contributed by atoms with E-state index in [2.05, 4.69) is 0 Å². The Kier molecular flexibility index (Phi) is 4.80. The van der Waals surface area contributed by atoms with Crippen molar-refractivity contribution in [2.75, 3.05) is 44.7 Å². The number of urea groups is 1. The van der Waals surface area contributed by atoms with Gasteiger partial charge in [-0.25, -0.2) is 4.79 Å². The summed E-state index contributed by atoms with van der Waals surface area (Å²) >= 11 is 0. The standard InChI is InChI=1S/C15H21N3O3/c1-12-5-3-4-6-13(12)16(2)15(21)18-9-7-17(8-10-18)11-14(19)20/h3-6H,7-11H2,1-2H3,(H,19,20). The Bertz CT molecular complexity index is 525. The molecule has 6 heteroatoms. The minimum absolute atomic E-state index is 0.0374. The van der Waals surface area contributed by atoms with E-state index in [0.29, 0.717) is 26.2 Å². The molecule has 1 fully saturated rings. The minimum Gasteiger partial charge on any atom is -0.480 e. The van der Waals surface area contributed by atoms with E-state index in [1.54, 1.807) is 16.8 Å². The molecule has 1 aliphatic heterocycles. The van der Waals surface area contributed by atoms with E-state index < -0.39 is 5.97 Å². The first-order chi connectivity index (χ1) is 9.99. The number of carbonyl (C=O) groups excluding carboxylic acids is 1. The van der Waals surface area contributed by atoms with Gasteiger partial charge >= 0.3 is 12.0 Å². The number of para-hydroxylation sites is 1. The van der Waals surface area contributed by atoms with E-state index in [-0.39, 0.29) is 12.6 Å². The number of hydrogen-bond donors (Lipinski definition) is 1. The molecule has 6 nitrogen and oxygen atoms in total. The van der Waals surface area contributed by atoms with Crippen molar-refractivity contribution >= 4 is 17.7 Å². The van der Waals surface area contributed by atoms with Crippen LogP contribution in [0, 0.1) is 6.92 Å². The molecule has 0 aliphatic carbocycles. The Hall–Kier alpha value is -2.08. The number of aryl methyl sites for hydroxylation is 1. The predicted octanol–water partition coefficient (Wildman–Crippen LogP) is 1.25. The number of piperazine rings is 1. The van der Waals surface area contributed by atoms with E-state index in [4.69, 9.17) is 5.11 Å². The van der Waals surface area contributed by atoms with Crippen LogP contribution < -0.4 is 4.90 Å². The Morgan fingerprint density at radius 1 is 1.19 bits per heavy atom. The third-order valence-corrected chi connectivity index (χ3v) is 3.77. The summed E-state index contributed by atoms with van der Waals surface area (Å²) in [5.74, 6) is -0.827. The molecule has 1 aromatic rings. The maximum absolute atomic E-state index is 12.5. The summed E-state index contributed by atoms with van der Waals surface area (Å²) in [6, 6.07) is 7.72. The van der Waals surface area contributed by atoms with Crippen molar-refractivity contribution in [1.29, 1.82) is 0 Å². The second-order valence-electron chi connectivity index (χ2n) is 5.29. The van der Waals surface area contributed by atoms with Gasteiger partial charge in [-0.2, -0.15) is 0 Å². The highest BCUT2D eigenvalue weighted by molar-refractivity contribution is 5.92. The highest BCUT2D eigenvalue weighted by atomic mass is 16.4. The average molecular weight is 291 g/mol. The molecule has 2 rings (SSSR count). The third kappa shape index (κ3) is 3.72. The number of carboxylic acid groups (broad SMARTS) is 1. The van der Waals surface area contributed by atoms with Crippen LogP contribution in [-0.2, 0) is 4.79 Å². The SMILES string of the molecule is Cc1ccccc1N(C)C(=O)N1CCN(CC(=O)O)CC1. The van der Waals surface area contributed by atoms with Crippen molar-refractivity contribution in [3.63, 3.8) is 0 Å². The van der Waals surface area contributed by atoms with Crippen LogP contribution in [-0.4, -0.2) is 66.7 Å². The fourth-order valence-electron chi connectivity index (χ4n) is 2.54. The molecule has 2 amide bonds. The number of rotatable bonds is 3. The molecular weight excluding hydrogens is 270 g/mol. The number of hydrogen-bond acceptors (Lipinski definition) is 3. The molecule has 0 saturated carbocycles. The van der Waals surface area contributed by atoms with Gasteiger partial charge in [-0.05, 0) is 18.6 Å². The molecule has 21 heavy (non-hydrogen) atoms. The van der Waals surface area contributed by atoms with Crippen LogP contribution in [0.4, 0.5) is 10.5 Å². The van der Waals surface area contributed by atoms with Gasteiger partial charge in [0.15, 0.2) is 0 Å². The molecular formula is C15H21N3O3. The summed E-state index contributed by atoms with van der Waals surface area (Å²) in [4.78, 5) is 28.5. The molecule has 1 N–H and O–H groups in total. The lowest BCUT2D eigenvalue weighted by Crippen LogP contribution is -2.53. The normalized spacial score (nSPS) is 15.8. The van der Waals surface area contributed by atoms with Gasteiger partial charge in [-0.1, -0.05) is 18.2 Å². The van der Waals surface area contributed by atoms with Crippen LogP contribution in [0.2, 0.25) is 0 Å². The van der Waals surface area contributed by atoms with Gasteiger partial charge in [0.2, 0.25) is 0 Å². The van der Waals surface area contributed by atoms with Crippen LogP contribution in [0.1, 0.15) is 5.56 Å². The molecule has 1 heterocycles. The minimum atomic E-state index is -0.827. The first-order valence-electron chi connectivity index (χ1n) is 7.01. The van der Waals surface area contributed by atoms with Crippen molar-refractivity contribution in [1.82, 2.24) is 9.80 Å². The summed E-state index contributed by atoms with van der Waals surface area (Å²) in [5.41, 5.74) is 1.95. The van der Waals surface area contributed by atoms with Crippen LogP contribution >= 0.6 is 0 Å². The van der Waals surface area contributed by atoms with Gasteiger partial charge in [0.05, 0.1) is 6.54 Å². The molecule has 1 aromatic carbocycles. The molecule has 0 atom stereocenters. The summed E-state index contributed by atoms with van der Waals surface area (Å²) in [7, 11) is 1.77. The number of amides is 2. The molecule has 0 unspecified atom stereocenters. The van der Waals surface area contributed by atoms with Gasteiger partial charge in [-0.3, -0.25) is 14.6 Å². The first-order valence-corrected chi connectivity index (χ1v) is 7.01. The van der Waals surface area contributed by atoms with Crippen molar-refractivity contribution in [2.24, 2.45) is 0 Å². The number of aliphatic carboxylic acids is 1. The summed E-state index contributed by atoms with van der Waals surface area (Å²) in [6.45, 7) is 4.32. The topological polar surface area (TPSA) is 64.1 Å². The number of carboxylic acids is 1. The number of nitrogens with zero attached hydrogens (tertiary/aromatic N) is 3. The van der Waals surface area contributed by atoms with Gasteiger partial charge in [0.25, 0.3) is 0 Å². The molecule has 1 aliphatic rings. The van der Waals surface area contributed by atoms with Crippen LogP contribution in [0.3, 0.4) is 0 Å². The second-order valence-corrected chi connectivity index (χ2v) is 5.29. The van der Waals surface area contributed by atoms with Crippen molar-refractivity contribution in [2.45, 2.75) is 6.92 Å². The zero-order valence-electron chi connectivity index (χ0n) is 12.5. The lowest BCUT2D eigenvalue weighted by atomic mass is 10.2. The highest BCUT2D eigenvalue weighted by Gasteiger charge is 2.25. The van der Waals surface area contributed by atoms with Crippen LogP contribution in [0.15, 0.2) is 24.3 Å². The summed E-state index contributed by atoms with van der Waals surface area (Å²) in [6.07, 6.45) is 0. The van der Waals surface area contributed by atoms with Gasteiger partial charge in [0, 0.05) is 38.9 Å². The second kappa shape index (κ2) is 6.58. The monoisotopic (exact) mass is 291 g/mol. The van der Waals surface area contributed by atoms with Crippen molar-refractivity contribution < 1.29 is 14.7 Å². The average Bonchev–Trinajstić information content (AvgIpc) is 2.46. The molecule has 0 bridgehead atoms. The van der Waals surface area contributed by atoms with E-state index >= 15 is 0 Å². The number of carbonyl (C=O) groups is 2. The van der Waals surface area contributed by atoms with Crippen molar-refractivity contribution in [3.8, 4) is 0 Å². The zero-order chi connectivity index (χ0) is 15.4. The van der Waals surface area contributed by atoms with Crippen LogP contribution in [0.5, 0.6) is 0 Å². The quantitative estimate of drug-likeness (QED) is 0.910. The van der Waals surface area contributed by atoms with E-state index in [9.17, 15) is 9.59 Å². The third-order valence-electron chi connectivity index (χ3n) is 3.77. The predicted molar refractivity (Wildman–Crippen MR) is 80.6 cm³/mol. The van der Waals surface area contributed by atoms with Gasteiger partial charge in [-0.15, -0.1) is 0 Å². The lowest BCUT2D eigenvalue weighted by molar-refractivity contribution is -0.138. The summed E-state index contributed by atoms with van der Waals surface area (Å²) < 4.78 is 0. The Morgan fingerprint density at radius 3 is 2.38 bits per heavy atom. The van der Waals surface area contributed by atoms with Crippen molar-refractivity contribution in [3.05, 3.63) is 29.8 Å². The summed E-state index contributed by atoms with van der Waals surface area (Å²) in [5, 5.41) is 8.78. The largest absolute Gasteiger partial charge is 0.480 e. The fourth-order valence-corrected chi connectivity index (χ4v) is 2.54. The maximum Gasteiger partial charge on any atom is 0.324 e. The lowest BCUT2D eigenvalue weighted by Gasteiger charge is -2.36. The molecule has 0 aromatic heterocycles. The molecule has 0 spiro atoms. The molecule has 114 valence electrons. The molecule has 1 saturated heterocycles. The Morgan fingerprint density at radius 2 is 1.81 bits per heavy atom. The highest BCUT2D eigenvalue weighted by Crippen LogP contribution is 2.19. The number of anilines is 1. The fraction of sp³-hybridized carbons (Fsp3) is 0.467. The van der Waals surface area contributed by atoms with Crippen LogP contribution in [0.25, 0.3) is 0 Å². The van der Waals surface area contributed by atoms with Gasteiger partial charge in [0.1, 0.15) is 0 Å². The van der Waals surface area contributed by atoms with E-state index in [1.807, 2.05) is 36.1 Å². The number of benzene rings is 1. The Balaban J connectivity index is 1.96. The van der Waals surface area contributed by atoms with E-state index in [1.165, 1.54) is 0 Å². The Labute approximate surface area is 124 Å². The maximum atomic E-state index is 12.5. The zero-order valence-corrected chi connectivity index (χ0v) is 12.5. The first kappa shape index (κ1) is 15.3. The van der Waals surface area contributed by atoms with Gasteiger partial charge < -0.3 is 10.0 Å². The smallest absolute Gasteiger partial charge is 0.324 e. The molecule has 0 radical (unpaired) electrons. The van der Waals surface area contributed by atoms with E-state index in [0.717, 1.165) is 11.3 Å².